The Bertz CT molecular complexity index is 726. The van der Waals surface area contributed by atoms with Gasteiger partial charge in [-0.3, -0.25) is 4.55 Å². The fourth-order valence-corrected chi connectivity index (χ4v) is 2.98. The van der Waals surface area contributed by atoms with Crippen LogP contribution in [0.15, 0.2) is 53.1 Å². The summed E-state index contributed by atoms with van der Waals surface area (Å²) >= 11 is 0. The molecule has 2 rings (SSSR count). The van der Waals surface area contributed by atoms with Gasteiger partial charge in [-0.1, -0.05) is 36.8 Å². The van der Waals surface area contributed by atoms with Gasteiger partial charge in [0.05, 0.1) is 4.90 Å². The van der Waals surface area contributed by atoms with Crippen LogP contribution in [-0.4, -0.2) is 38.8 Å². The second kappa shape index (κ2) is 9.87. The second-order valence-electron chi connectivity index (χ2n) is 6.42. The first kappa shape index (κ1) is 22.4. The van der Waals surface area contributed by atoms with E-state index in [4.69, 9.17) is 15.0 Å². The minimum Gasteiger partial charge on any atom is -0.386 e. The lowest BCUT2D eigenvalue weighted by atomic mass is 9.79. The summed E-state index contributed by atoms with van der Waals surface area (Å²) in [5, 5.41) is 3.30. The molecule has 1 aromatic rings. The monoisotopic (exact) mass is 382 g/mol. The van der Waals surface area contributed by atoms with Crippen LogP contribution < -0.4 is 11.1 Å². The molecule has 6 nitrogen and oxygen atoms in total. The average molecular weight is 383 g/mol. The summed E-state index contributed by atoms with van der Waals surface area (Å²) in [7, 11) is -2.31. The lowest BCUT2D eigenvalue weighted by Crippen LogP contribution is -2.46. The third-order valence-electron chi connectivity index (χ3n) is 4.29. The molecule has 1 aromatic carbocycles. The van der Waals surface area contributed by atoms with Crippen molar-refractivity contribution >= 4 is 10.1 Å². The Labute approximate surface area is 156 Å². The van der Waals surface area contributed by atoms with E-state index in [1.54, 1.807) is 19.2 Å². The summed E-state index contributed by atoms with van der Waals surface area (Å²) in [6, 6.07) is 5.99. The largest absolute Gasteiger partial charge is 0.386 e. The first-order valence-electron chi connectivity index (χ1n) is 8.59. The van der Waals surface area contributed by atoms with E-state index in [-0.39, 0.29) is 10.4 Å². The van der Waals surface area contributed by atoms with E-state index in [0.717, 1.165) is 18.5 Å². The van der Waals surface area contributed by atoms with E-state index in [0.29, 0.717) is 12.5 Å². The van der Waals surface area contributed by atoms with Crippen molar-refractivity contribution in [2.24, 2.45) is 11.7 Å². The van der Waals surface area contributed by atoms with Crippen LogP contribution in [0.4, 0.5) is 0 Å². The fourth-order valence-electron chi connectivity index (χ4n) is 2.50. The Kier molecular flexibility index (Phi) is 8.49. The minimum atomic E-state index is -4.02. The van der Waals surface area contributed by atoms with Crippen molar-refractivity contribution in [1.29, 1.82) is 0 Å². The molecule has 0 saturated carbocycles. The first-order chi connectivity index (χ1) is 12.1. The molecule has 26 heavy (non-hydrogen) atoms. The lowest BCUT2D eigenvalue weighted by molar-refractivity contribution is 0.169. The average Bonchev–Trinajstić information content (AvgIpc) is 2.57. The Morgan fingerprint density at radius 3 is 2.38 bits per heavy atom. The molecule has 2 atom stereocenters. The van der Waals surface area contributed by atoms with Crippen LogP contribution in [0.2, 0.25) is 0 Å². The van der Waals surface area contributed by atoms with Gasteiger partial charge >= 0.3 is 0 Å². The summed E-state index contributed by atoms with van der Waals surface area (Å²) in [5.41, 5.74) is 8.18. The highest BCUT2D eigenvalue weighted by molar-refractivity contribution is 7.85. The van der Waals surface area contributed by atoms with Gasteiger partial charge < -0.3 is 15.8 Å². The maximum absolute atomic E-state index is 10.5. The molecule has 2 unspecified atom stereocenters. The van der Waals surface area contributed by atoms with Crippen molar-refractivity contribution in [2.75, 3.05) is 20.3 Å². The number of hydrogen-bond donors (Lipinski definition) is 3. The normalized spacial score (nSPS) is 22.2. The summed E-state index contributed by atoms with van der Waals surface area (Å²) in [4.78, 5) is -0.0666. The van der Waals surface area contributed by atoms with Gasteiger partial charge in [0, 0.05) is 31.5 Å². The number of rotatable bonds is 6. The van der Waals surface area contributed by atoms with Crippen molar-refractivity contribution in [1.82, 2.24) is 5.32 Å². The summed E-state index contributed by atoms with van der Waals surface area (Å²) in [6.07, 6.45) is 7.21. The Morgan fingerprint density at radius 1 is 1.31 bits per heavy atom. The number of methoxy groups -OCH3 is 1. The summed E-state index contributed by atoms with van der Waals surface area (Å²) in [5.74, 6) is 0.340. The molecule has 0 bridgehead atoms. The lowest BCUT2D eigenvalue weighted by Gasteiger charge is -2.34. The number of aryl methyl sites for hydroxylation is 1. The van der Waals surface area contributed by atoms with Crippen LogP contribution in [0, 0.1) is 12.8 Å². The molecule has 1 aliphatic rings. The molecule has 0 aliphatic heterocycles. The maximum Gasteiger partial charge on any atom is 0.294 e. The van der Waals surface area contributed by atoms with Gasteiger partial charge in [-0.05, 0) is 44.4 Å². The number of nitrogens with one attached hydrogen (secondary N) is 1. The van der Waals surface area contributed by atoms with E-state index in [2.05, 4.69) is 37.4 Å². The number of nitrogens with two attached hydrogens (primary N) is 1. The highest BCUT2D eigenvalue weighted by Gasteiger charge is 2.29. The predicted molar refractivity (Wildman–Crippen MR) is 104 cm³/mol. The molecule has 0 saturated heterocycles. The van der Waals surface area contributed by atoms with E-state index >= 15 is 0 Å². The fraction of sp³-hybridized carbons (Fsp3) is 0.474. The van der Waals surface area contributed by atoms with Crippen LogP contribution in [-0.2, 0) is 14.9 Å². The first-order valence-corrected chi connectivity index (χ1v) is 10.0. The van der Waals surface area contributed by atoms with Gasteiger partial charge in [-0.25, -0.2) is 0 Å². The van der Waals surface area contributed by atoms with Crippen LogP contribution in [0.1, 0.15) is 25.8 Å². The Balaban J connectivity index is 0.000000273. The van der Waals surface area contributed by atoms with Gasteiger partial charge in [-0.15, -0.1) is 0 Å². The molecular weight excluding hydrogens is 352 g/mol. The van der Waals surface area contributed by atoms with Crippen LogP contribution >= 0.6 is 0 Å². The molecule has 1 aliphatic carbocycles. The predicted octanol–water partition coefficient (Wildman–Crippen LogP) is 2.66. The highest BCUT2D eigenvalue weighted by Crippen LogP contribution is 2.26. The molecule has 0 aromatic heterocycles. The third-order valence-corrected chi connectivity index (χ3v) is 5.16. The van der Waals surface area contributed by atoms with E-state index in [9.17, 15) is 8.42 Å². The van der Waals surface area contributed by atoms with Gasteiger partial charge in [0.1, 0.15) is 0 Å². The number of likely N-dealkylation sites (N-methyl/N-ethyl adjacent to an activating group) is 1. The van der Waals surface area contributed by atoms with Crippen molar-refractivity contribution < 1.29 is 17.7 Å². The minimum absolute atomic E-state index is 0.0666. The molecule has 0 radical (unpaired) electrons. The molecule has 4 N–H and O–H groups in total. The summed E-state index contributed by atoms with van der Waals surface area (Å²) in [6.45, 7) is 7.73. The summed E-state index contributed by atoms with van der Waals surface area (Å²) < 4.78 is 34.6. The molecule has 0 amide bonds. The van der Waals surface area contributed by atoms with E-state index in [1.807, 2.05) is 6.92 Å². The molecule has 0 fully saturated rings. The Morgan fingerprint density at radius 2 is 1.92 bits per heavy atom. The molecular formula is C19H30N2O4S. The number of ether oxygens (including phenoxy) is 1. The Hall–Kier alpha value is -1.67. The zero-order valence-electron chi connectivity index (χ0n) is 15.9. The standard InChI is InChI=1S/C12H22N2O.C7H8O3S/c1-4-14-11-5-6-12(13,7-8-15-3)10(2)9-11;1-6-2-4-7(5-3-6)11(8,9)10/h5-6,9-10,14H,4,7-8,13H2,1-3H3;2-5H,1H3,(H,8,9,10). The van der Waals surface area contributed by atoms with E-state index < -0.39 is 10.1 Å². The van der Waals surface area contributed by atoms with Gasteiger partial charge in [0.2, 0.25) is 0 Å². The third kappa shape index (κ3) is 6.92. The van der Waals surface area contributed by atoms with Crippen LogP contribution in [0.5, 0.6) is 0 Å². The number of hydrogen-bond acceptors (Lipinski definition) is 5. The van der Waals surface area contributed by atoms with Gasteiger partial charge in [0.15, 0.2) is 0 Å². The molecule has 0 spiro atoms. The van der Waals surface area contributed by atoms with E-state index in [1.165, 1.54) is 17.8 Å². The SMILES string of the molecule is CCNC1=CC(C)C(N)(CCOC)C=C1.Cc1ccc(S(=O)(=O)O)cc1. The topological polar surface area (TPSA) is 102 Å². The molecule has 146 valence electrons. The van der Waals surface area contributed by atoms with Crippen molar-refractivity contribution in [3.05, 3.63) is 53.8 Å². The van der Waals surface area contributed by atoms with Crippen LogP contribution in [0.3, 0.4) is 0 Å². The zero-order valence-corrected chi connectivity index (χ0v) is 16.7. The molecule has 0 heterocycles. The van der Waals surface area contributed by atoms with Crippen molar-refractivity contribution in [2.45, 2.75) is 37.6 Å². The number of allylic oxidation sites excluding steroid dienone is 1. The quantitative estimate of drug-likeness (QED) is 0.654. The highest BCUT2D eigenvalue weighted by atomic mass is 32.2. The van der Waals surface area contributed by atoms with Crippen molar-refractivity contribution in [3.63, 3.8) is 0 Å². The maximum atomic E-state index is 10.5. The van der Waals surface area contributed by atoms with Crippen LogP contribution in [0.25, 0.3) is 0 Å². The van der Waals surface area contributed by atoms with Gasteiger partial charge in [-0.2, -0.15) is 8.42 Å². The van der Waals surface area contributed by atoms with Crippen molar-refractivity contribution in [3.8, 4) is 0 Å². The number of benzene rings is 1. The van der Waals surface area contributed by atoms with Gasteiger partial charge in [0.25, 0.3) is 10.1 Å². The molecule has 7 heteroatoms. The zero-order chi connectivity index (χ0) is 19.8. The second-order valence-corrected chi connectivity index (χ2v) is 7.84. The smallest absolute Gasteiger partial charge is 0.294 e.